The summed E-state index contributed by atoms with van der Waals surface area (Å²) < 4.78 is 30.6. The number of nitrogens with two attached hydrogens (primary N) is 1. The monoisotopic (exact) mass is 414 g/mol. The number of carbonyl (C=O) groups is 1. The number of nitrogens with zero attached hydrogens (tertiary/aromatic N) is 2. The number of hydrogen-bond acceptors (Lipinski definition) is 6. The number of amides is 1. The molecular formula is C17H23ClN4O4S. The number of halogens is 1. The van der Waals surface area contributed by atoms with E-state index in [1.54, 1.807) is 24.4 Å². The van der Waals surface area contributed by atoms with E-state index < -0.39 is 15.9 Å². The Labute approximate surface area is 164 Å². The Bertz CT molecular complexity index is 894. The van der Waals surface area contributed by atoms with Gasteiger partial charge in [-0.15, -0.1) is 12.4 Å². The molecule has 0 bridgehead atoms. The fourth-order valence-electron chi connectivity index (χ4n) is 2.99. The summed E-state index contributed by atoms with van der Waals surface area (Å²) >= 11 is 0. The van der Waals surface area contributed by atoms with Gasteiger partial charge in [-0.1, -0.05) is 12.1 Å². The van der Waals surface area contributed by atoms with Crippen molar-refractivity contribution in [3.63, 3.8) is 0 Å². The lowest BCUT2D eigenvalue weighted by atomic mass is 9.92. The first-order chi connectivity index (χ1) is 12.4. The number of para-hydroxylation sites is 1. The van der Waals surface area contributed by atoms with Crippen molar-refractivity contribution in [2.24, 2.45) is 11.7 Å². The Morgan fingerprint density at radius 3 is 2.67 bits per heavy atom. The van der Waals surface area contributed by atoms with Crippen molar-refractivity contribution in [3.05, 3.63) is 36.7 Å². The molecule has 1 fully saturated rings. The summed E-state index contributed by atoms with van der Waals surface area (Å²) in [6.07, 6.45) is 5.70. The van der Waals surface area contributed by atoms with E-state index in [-0.39, 0.29) is 29.1 Å². The highest BCUT2D eigenvalue weighted by Crippen LogP contribution is 2.22. The Morgan fingerprint density at radius 1 is 1.33 bits per heavy atom. The second kappa shape index (κ2) is 8.83. The first-order valence-electron chi connectivity index (χ1n) is 8.34. The van der Waals surface area contributed by atoms with E-state index in [4.69, 9.17) is 10.5 Å². The molecule has 3 rings (SSSR count). The normalized spacial score (nSPS) is 16.4. The second-order valence-electron chi connectivity index (χ2n) is 6.38. The predicted octanol–water partition coefficient (Wildman–Crippen LogP) is 1.39. The van der Waals surface area contributed by atoms with Crippen LogP contribution < -0.4 is 11.1 Å². The van der Waals surface area contributed by atoms with Gasteiger partial charge in [0.2, 0.25) is 5.91 Å². The minimum atomic E-state index is -3.40. The van der Waals surface area contributed by atoms with Crippen LogP contribution in [-0.2, 0) is 19.4 Å². The minimum Gasteiger partial charge on any atom is -0.381 e. The average molecular weight is 415 g/mol. The third-order valence-corrected chi connectivity index (χ3v) is 5.58. The third kappa shape index (κ3) is 5.07. The van der Waals surface area contributed by atoms with Gasteiger partial charge >= 0.3 is 0 Å². The number of anilines is 1. The highest BCUT2D eigenvalue weighted by Gasteiger charge is 2.27. The maximum absolute atomic E-state index is 12.4. The highest BCUT2D eigenvalue weighted by atomic mass is 35.5. The molecule has 10 heteroatoms. The number of hydrogen-bond donors (Lipinski definition) is 2. The van der Waals surface area contributed by atoms with E-state index in [2.05, 4.69) is 10.4 Å². The molecule has 1 aromatic carbocycles. The summed E-state index contributed by atoms with van der Waals surface area (Å²) in [7, 11) is -3.40. The van der Waals surface area contributed by atoms with Gasteiger partial charge in [-0.3, -0.25) is 4.79 Å². The Kier molecular flexibility index (Phi) is 6.99. The third-order valence-electron chi connectivity index (χ3n) is 4.44. The molecule has 8 nitrogen and oxygen atoms in total. The maximum atomic E-state index is 12.4. The maximum Gasteiger partial charge on any atom is 0.241 e. The molecule has 2 aromatic rings. The van der Waals surface area contributed by atoms with Crippen molar-refractivity contribution in [2.45, 2.75) is 23.8 Å². The van der Waals surface area contributed by atoms with Gasteiger partial charge in [0, 0.05) is 19.5 Å². The molecule has 1 unspecified atom stereocenters. The number of sulfone groups is 1. The number of ether oxygens (including phenoxy) is 1. The van der Waals surface area contributed by atoms with Crippen LogP contribution in [0.1, 0.15) is 12.8 Å². The molecule has 148 valence electrons. The van der Waals surface area contributed by atoms with E-state index in [0.717, 1.165) is 19.1 Å². The van der Waals surface area contributed by atoms with Gasteiger partial charge in [-0.25, -0.2) is 13.1 Å². The summed E-state index contributed by atoms with van der Waals surface area (Å²) in [5, 5.41) is 6.91. The largest absolute Gasteiger partial charge is 0.381 e. The van der Waals surface area contributed by atoms with Crippen LogP contribution in [0.25, 0.3) is 5.69 Å². The Morgan fingerprint density at radius 2 is 2.00 bits per heavy atom. The molecule has 3 N–H and O–H groups in total. The van der Waals surface area contributed by atoms with Crippen LogP contribution in [0.3, 0.4) is 0 Å². The quantitative estimate of drug-likeness (QED) is 0.763. The van der Waals surface area contributed by atoms with Crippen molar-refractivity contribution in [1.29, 1.82) is 0 Å². The van der Waals surface area contributed by atoms with Crippen LogP contribution >= 0.6 is 12.4 Å². The molecule has 0 spiro atoms. The van der Waals surface area contributed by atoms with Gasteiger partial charge in [0.15, 0.2) is 9.84 Å². The molecular weight excluding hydrogens is 392 g/mol. The summed E-state index contributed by atoms with van der Waals surface area (Å²) in [6, 6.07) is 5.93. The minimum absolute atomic E-state index is 0. The van der Waals surface area contributed by atoms with Crippen molar-refractivity contribution in [1.82, 2.24) is 9.78 Å². The summed E-state index contributed by atoms with van der Waals surface area (Å²) in [4.78, 5) is 12.5. The van der Waals surface area contributed by atoms with Gasteiger partial charge in [0.1, 0.15) is 0 Å². The molecule has 1 saturated heterocycles. The molecule has 1 aliphatic rings. The molecule has 0 saturated carbocycles. The molecule has 0 aliphatic carbocycles. The van der Waals surface area contributed by atoms with Crippen LogP contribution in [0.4, 0.5) is 5.69 Å². The molecule has 1 aromatic heterocycles. The molecule has 27 heavy (non-hydrogen) atoms. The van der Waals surface area contributed by atoms with Crippen molar-refractivity contribution < 1.29 is 17.9 Å². The van der Waals surface area contributed by atoms with E-state index in [1.165, 1.54) is 16.9 Å². The van der Waals surface area contributed by atoms with E-state index >= 15 is 0 Å². The van der Waals surface area contributed by atoms with Crippen molar-refractivity contribution in [2.75, 3.05) is 24.8 Å². The standard InChI is InChI=1S/C17H22N4O4S.ClH/c1-26(23,24)15-5-3-2-4-14(15)21-11-13(10-19-21)20-17(22)16(18)12-6-8-25-9-7-12;/h2-5,10-12,16H,6-9,18H2,1H3,(H,20,22);1H. The lowest BCUT2D eigenvalue weighted by Gasteiger charge is -2.26. The first kappa shape index (κ1) is 21.4. The van der Waals surface area contributed by atoms with Crippen molar-refractivity contribution in [3.8, 4) is 5.69 Å². The van der Waals surface area contributed by atoms with Crippen LogP contribution in [0.15, 0.2) is 41.6 Å². The number of benzene rings is 1. The van der Waals surface area contributed by atoms with Crippen LogP contribution in [0, 0.1) is 5.92 Å². The van der Waals surface area contributed by atoms with E-state index in [1.807, 2.05) is 0 Å². The summed E-state index contributed by atoms with van der Waals surface area (Å²) in [6.45, 7) is 1.23. The number of carbonyl (C=O) groups excluding carboxylic acids is 1. The molecule has 0 radical (unpaired) electrons. The SMILES string of the molecule is CS(=O)(=O)c1ccccc1-n1cc(NC(=O)C(N)C2CCOCC2)cn1.Cl. The Balaban J connectivity index is 0.00000261. The first-order valence-corrected chi connectivity index (χ1v) is 10.2. The van der Waals surface area contributed by atoms with Crippen LogP contribution in [0.5, 0.6) is 0 Å². The predicted molar refractivity (Wildman–Crippen MR) is 104 cm³/mol. The molecule has 2 heterocycles. The van der Waals surface area contributed by atoms with Gasteiger partial charge in [-0.2, -0.15) is 5.10 Å². The van der Waals surface area contributed by atoms with Gasteiger partial charge in [0.05, 0.1) is 34.7 Å². The fraction of sp³-hybridized carbons (Fsp3) is 0.412. The van der Waals surface area contributed by atoms with E-state index in [0.29, 0.717) is 24.6 Å². The lowest BCUT2D eigenvalue weighted by Crippen LogP contribution is -2.43. The zero-order valence-electron chi connectivity index (χ0n) is 14.9. The molecule has 1 atom stereocenters. The molecule has 1 aliphatic heterocycles. The highest BCUT2D eigenvalue weighted by molar-refractivity contribution is 7.90. The Hall–Kier alpha value is -1.94. The smallest absolute Gasteiger partial charge is 0.241 e. The van der Waals surface area contributed by atoms with E-state index in [9.17, 15) is 13.2 Å². The fourth-order valence-corrected chi connectivity index (χ4v) is 3.86. The van der Waals surface area contributed by atoms with Gasteiger partial charge < -0.3 is 15.8 Å². The summed E-state index contributed by atoms with van der Waals surface area (Å²) in [5.74, 6) is -0.197. The zero-order valence-corrected chi connectivity index (χ0v) is 16.5. The van der Waals surface area contributed by atoms with Crippen LogP contribution in [0.2, 0.25) is 0 Å². The number of nitrogens with one attached hydrogen (secondary N) is 1. The lowest BCUT2D eigenvalue weighted by molar-refractivity contribution is -0.119. The number of aromatic nitrogens is 2. The number of rotatable bonds is 5. The van der Waals surface area contributed by atoms with Crippen molar-refractivity contribution >= 4 is 33.8 Å². The van der Waals surface area contributed by atoms with Crippen LogP contribution in [-0.4, -0.2) is 49.6 Å². The zero-order chi connectivity index (χ0) is 18.7. The average Bonchev–Trinajstić information content (AvgIpc) is 3.09. The molecule has 1 amide bonds. The summed E-state index contributed by atoms with van der Waals surface area (Å²) in [5.41, 5.74) is 6.94. The topological polar surface area (TPSA) is 116 Å². The van der Waals surface area contributed by atoms with Gasteiger partial charge in [-0.05, 0) is 30.9 Å². The van der Waals surface area contributed by atoms with Gasteiger partial charge in [0.25, 0.3) is 0 Å². The second-order valence-corrected chi connectivity index (χ2v) is 8.36.